The molecular formula is C24H20N6S. The summed E-state index contributed by atoms with van der Waals surface area (Å²) in [6.45, 7) is 0.577. The van der Waals surface area contributed by atoms with Crippen molar-refractivity contribution in [2.24, 2.45) is 0 Å². The topological polar surface area (TPSA) is 61.4 Å². The van der Waals surface area contributed by atoms with Crippen LogP contribution >= 0.6 is 11.8 Å². The molecule has 0 aliphatic carbocycles. The fourth-order valence-corrected chi connectivity index (χ4v) is 4.34. The Hall–Kier alpha value is -3.71. The number of rotatable bonds is 7. The van der Waals surface area contributed by atoms with Crippen molar-refractivity contribution in [2.45, 2.75) is 17.3 Å². The van der Waals surface area contributed by atoms with Gasteiger partial charge in [0.15, 0.2) is 0 Å². The van der Waals surface area contributed by atoms with Crippen LogP contribution in [0, 0.1) is 0 Å². The predicted molar refractivity (Wildman–Crippen MR) is 122 cm³/mol. The summed E-state index contributed by atoms with van der Waals surface area (Å²) in [6, 6.07) is 30.6. The van der Waals surface area contributed by atoms with Crippen LogP contribution in [0.4, 0.5) is 0 Å². The number of hydrogen-bond acceptors (Lipinski definition) is 5. The number of benzene rings is 3. The van der Waals surface area contributed by atoms with Gasteiger partial charge in [-0.15, -0.1) is 22.0 Å². The van der Waals surface area contributed by atoms with Crippen molar-refractivity contribution in [2.75, 3.05) is 0 Å². The first-order valence-electron chi connectivity index (χ1n) is 9.99. The molecule has 5 rings (SSSR count). The molecule has 2 heterocycles. The average molecular weight is 425 g/mol. The van der Waals surface area contributed by atoms with Gasteiger partial charge in [-0.3, -0.25) is 0 Å². The molecule has 0 amide bonds. The summed E-state index contributed by atoms with van der Waals surface area (Å²) >= 11 is 1.72. The molecule has 0 saturated heterocycles. The highest BCUT2D eigenvalue weighted by molar-refractivity contribution is 7.98. The Labute approximate surface area is 184 Å². The molecule has 0 radical (unpaired) electrons. The number of hydrogen-bond donors (Lipinski definition) is 0. The largest absolute Gasteiger partial charge is 0.226 e. The van der Waals surface area contributed by atoms with Gasteiger partial charge in [0.1, 0.15) is 5.03 Å². The lowest BCUT2D eigenvalue weighted by atomic mass is 10.2. The van der Waals surface area contributed by atoms with Crippen LogP contribution in [-0.4, -0.2) is 30.0 Å². The Morgan fingerprint density at radius 2 is 1.39 bits per heavy atom. The lowest BCUT2D eigenvalue weighted by molar-refractivity contribution is 0.573. The van der Waals surface area contributed by atoms with E-state index in [1.807, 2.05) is 65.5 Å². The highest BCUT2D eigenvalue weighted by Gasteiger charge is 2.19. The van der Waals surface area contributed by atoms with Gasteiger partial charge in [0, 0.05) is 5.75 Å². The van der Waals surface area contributed by atoms with E-state index < -0.39 is 0 Å². The molecule has 0 aliphatic rings. The van der Waals surface area contributed by atoms with Gasteiger partial charge in [0.05, 0.1) is 24.0 Å². The molecular weight excluding hydrogens is 404 g/mol. The predicted octanol–water partition coefficient (Wildman–Crippen LogP) is 4.87. The van der Waals surface area contributed by atoms with Crippen molar-refractivity contribution in [3.8, 4) is 17.1 Å². The van der Waals surface area contributed by atoms with Gasteiger partial charge >= 0.3 is 0 Å². The Balaban J connectivity index is 1.47. The molecule has 31 heavy (non-hydrogen) atoms. The standard InChI is InChI=1S/C24H20N6S/c1-4-10-19(11-5-1)17-29-27-23(26-28-29)22-16-25-30(21-14-8-3-9-15-21)24(22)31-18-20-12-6-2-7-13-20/h1-16H,17-18H2. The third-order valence-electron chi connectivity index (χ3n) is 4.80. The second-order valence-electron chi connectivity index (χ2n) is 7.01. The van der Waals surface area contributed by atoms with Crippen molar-refractivity contribution in [1.82, 2.24) is 30.0 Å². The summed E-state index contributed by atoms with van der Waals surface area (Å²) < 4.78 is 1.95. The van der Waals surface area contributed by atoms with Crippen LogP contribution in [0.1, 0.15) is 11.1 Å². The minimum absolute atomic E-state index is 0.577. The Bertz CT molecular complexity index is 1250. The van der Waals surface area contributed by atoms with E-state index in [0.29, 0.717) is 12.4 Å². The van der Waals surface area contributed by atoms with Gasteiger partial charge in [-0.25, -0.2) is 4.68 Å². The first-order chi connectivity index (χ1) is 15.4. The number of nitrogens with zero attached hydrogens (tertiary/aromatic N) is 6. The maximum Gasteiger partial charge on any atom is 0.209 e. The van der Waals surface area contributed by atoms with Gasteiger partial charge in [-0.05, 0) is 28.5 Å². The van der Waals surface area contributed by atoms with Crippen LogP contribution in [0.25, 0.3) is 17.1 Å². The van der Waals surface area contributed by atoms with Crippen LogP contribution in [0.15, 0.2) is 102 Å². The van der Waals surface area contributed by atoms with Crippen LogP contribution in [0.5, 0.6) is 0 Å². The van der Waals surface area contributed by atoms with E-state index in [-0.39, 0.29) is 0 Å². The molecule has 0 saturated carbocycles. The quantitative estimate of drug-likeness (QED) is 0.349. The lowest BCUT2D eigenvalue weighted by Crippen LogP contribution is -2.03. The molecule has 0 fully saturated rings. The SMILES string of the molecule is c1ccc(CSc2c(-c3nnn(Cc4ccccc4)n3)cnn2-c2ccccc2)cc1. The minimum atomic E-state index is 0.577. The molecule has 0 atom stereocenters. The normalized spacial score (nSPS) is 11.0. The third-order valence-corrected chi connectivity index (χ3v) is 5.95. The van der Waals surface area contributed by atoms with E-state index in [4.69, 9.17) is 0 Å². The van der Waals surface area contributed by atoms with E-state index in [1.54, 1.807) is 16.6 Å². The van der Waals surface area contributed by atoms with Crippen molar-refractivity contribution in [3.63, 3.8) is 0 Å². The summed E-state index contributed by atoms with van der Waals surface area (Å²) in [5, 5.41) is 18.8. The first-order valence-corrected chi connectivity index (χ1v) is 11.0. The highest BCUT2D eigenvalue weighted by Crippen LogP contribution is 2.33. The van der Waals surface area contributed by atoms with E-state index in [0.717, 1.165) is 27.6 Å². The summed E-state index contributed by atoms with van der Waals surface area (Å²) in [6.07, 6.45) is 1.82. The minimum Gasteiger partial charge on any atom is -0.226 e. The van der Waals surface area contributed by atoms with Gasteiger partial charge < -0.3 is 0 Å². The second-order valence-corrected chi connectivity index (χ2v) is 7.98. The zero-order valence-corrected chi connectivity index (χ0v) is 17.6. The van der Waals surface area contributed by atoms with Gasteiger partial charge in [-0.1, -0.05) is 78.9 Å². The first kappa shape index (κ1) is 19.3. The van der Waals surface area contributed by atoms with Gasteiger partial charge in [0.2, 0.25) is 5.82 Å². The van der Waals surface area contributed by atoms with Crippen molar-refractivity contribution in [1.29, 1.82) is 0 Å². The monoisotopic (exact) mass is 424 g/mol. The Kier molecular flexibility index (Phi) is 5.58. The smallest absolute Gasteiger partial charge is 0.209 e. The summed E-state index contributed by atoms with van der Waals surface area (Å²) in [4.78, 5) is 1.62. The molecule has 3 aromatic carbocycles. The van der Waals surface area contributed by atoms with Gasteiger partial charge in [0.25, 0.3) is 0 Å². The fraction of sp³-hybridized carbons (Fsp3) is 0.0833. The molecule has 7 heteroatoms. The van der Waals surface area contributed by atoms with Crippen LogP contribution in [-0.2, 0) is 12.3 Å². The highest BCUT2D eigenvalue weighted by atomic mass is 32.2. The van der Waals surface area contributed by atoms with Crippen LogP contribution in [0.2, 0.25) is 0 Å². The summed E-state index contributed by atoms with van der Waals surface area (Å²) in [7, 11) is 0. The zero-order valence-electron chi connectivity index (χ0n) is 16.7. The Morgan fingerprint density at radius 3 is 2.10 bits per heavy atom. The molecule has 0 bridgehead atoms. The molecule has 6 nitrogen and oxygen atoms in total. The zero-order chi connectivity index (χ0) is 20.9. The van der Waals surface area contributed by atoms with E-state index in [9.17, 15) is 0 Å². The second kappa shape index (κ2) is 8.97. The molecule has 0 spiro atoms. The number of aromatic nitrogens is 6. The Morgan fingerprint density at radius 1 is 0.742 bits per heavy atom. The lowest BCUT2D eigenvalue weighted by Gasteiger charge is -2.08. The van der Waals surface area contributed by atoms with Crippen LogP contribution < -0.4 is 0 Å². The molecule has 152 valence electrons. The number of para-hydroxylation sites is 1. The molecule has 2 aromatic heterocycles. The average Bonchev–Trinajstić information content (AvgIpc) is 3.46. The van der Waals surface area contributed by atoms with Gasteiger partial charge in [-0.2, -0.15) is 9.90 Å². The summed E-state index contributed by atoms with van der Waals surface area (Å²) in [5.74, 6) is 1.40. The molecule has 5 aromatic rings. The summed E-state index contributed by atoms with van der Waals surface area (Å²) in [5.41, 5.74) is 4.26. The maximum absolute atomic E-state index is 4.65. The maximum atomic E-state index is 4.65. The van der Waals surface area contributed by atoms with E-state index >= 15 is 0 Å². The molecule has 0 unspecified atom stereocenters. The molecule has 0 aliphatic heterocycles. The van der Waals surface area contributed by atoms with Crippen molar-refractivity contribution < 1.29 is 0 Å². The van der Waals surface area contributed by atoms with Crippen LogP contribution in [0.3, 0.4) is 0 Å². The van der Waals surface area contributed by atoms with Crippen molar-refractivity contribution >= 4 is 11.8 Å². The van der Waals surface area contributed by atoms with E-state index in [2.05, 4.69) is 56.9 Å². The molecule has 0 N–H and O–H groups in total. The van der Waals surface area contributed by atoms with Crippen molar-refractivity contribution in [3.05, 3.63) is 108 Å². The third kappa shape index (κ3) is 4.41. The number of thioether (sulfide) groups is 1. The van der Waals surface area contributed by atoms with E-state index in [1.165, 1.54) is 5.56 Å². The number of tetrazole rings is 1. The fourth-order valence-electron chi connectivity index (χ4n) is 3.27.